The van der Waals surface area contributed by atoms with E-state index in [0.29, 0.717) is 18.5 Å². The molecule has 0 N–H and O–H groups in total. The number of halogens is 1. The van der Waals surface area contributed by atoms with Crippen LogP contribution in [0.2, 0.25) is 0 Å². The lowest BCUT2D eigenvalue weighted by Crippen LogP contribution is -2.14. The molecule has 1 aliphatic heterocycles. The summed E-state index contributed by atoms with van der Waals surface area (Å²) in [5, 5.41) is 0. The molecule has 0 saturated carbocycles. The van der Waals surface area contributed by atoms with Crippen molar-refractivity contribution in [3.8, 4) is 39.8 Å². The Balaban J connectivity index is 0.00000192. The van der Waals surface area contributed by atoms with Crippen LogP contribution in [0.15, 0.2) is 72.9 Å². The van der Waals surface area contributed by atoms with Crippen LogP contribution < -0.4 is 4.74 Å². The molecular weight excluding hydrogens is 370 g/mol. The number of fused-ring (bicyclic) bond motifs is 3. The van der Waals surface area contributed by atoms with Gasteiger partial charge in [-0.15, -0.1) is 11.6 Å². The Morgan fingerprint density at radius 1 is 0.929 bits per heavy atom. The van der Waals surface area contributed by atoms with Crippen molar-refractivity contribution < 1.29 is 4.74 Å². The van der Waals surface area contributed by atoms with E-state index in [1.807, 2.05) is 42.5 Å². The summed E-state index contributed by atoms with van der Waals surface area (Å²) in [5.74, 6) is 2.00. The Morgan fingerprint density at radius 2 is 1.71 bits per heavy atom. The number of alkyl halides is 1. The fourth-order valence-electron chi connectivity index (χ4n) is 3.43. The maximum Gasteiger partial charge on any atom is 0.226 e. The van der Waals surface area contributed by atoms with Gasteiger partial charge in [-0.05, 0) is 17.7 Å². The Labute approximate surface area is 169 Å². The van der Waals surface area contributed by atoms with Gasteiger partial charge in [-0.3, -0.25) is 4.57 Å². The Bertz CT molecular complexity index is 1100. The molecule has 28 heavy (non-hydrogen) atoms. The lowest BCUT2D eigenvalue weighted by molar-refractivity contribution is 0.222. The van der Waals surface area contributed by atoms with Gasteiger partial charge in [0.1, 0.15) is 5.82 Å². The van der Waals surface area contributed by atoms with Crippen molar-refractivity contribution in [1.82, 2.24) is 14.5 Å². The molecule has 0 atom stereocenters. The second-order valence-electron chi connectivity index (χ2n) is 6.39. The van der Waals surface area contributed by atoms with E-state index in [-0.39, 0.29) is 7.43 Å². The van der Waals surface area contributed by atoms with Crippen LogP contribution in [0.4, 0.5) is 0 Å². The smallest absolute Gasteiger partial charge is 0.226 e. The Kier molecular flexibility index (Phi) is 4.88. The molecule has 0 fully saturated rings. The summed E-state index contributed by atoms with van der Waals surface area (Å²) < 4.78 is 8.01. The van der Waals surface area contributed by atoms with Crippen molar-refractivity contribution in [2.75, 3.05) is 0 Å². The van der Waals surface area contributed by atoms with E-state index in [2.05, 4.69) is 33.8 Å². The van der Waals surface area contributed by atoms with Gasteiger partial charge in [0, 0.05) is 23.2 Å². The number of benzene rings is 2. The minimum Gasteiger partial charge on any atom is -0.455 e. The highest BCUT2D eigenvalue weighted by atomic mass is 35.5. The van der Waals surface area contributed by atoms with E-state index in [1.165, 1.54) is 0 Å². The molecule has 2 aromatic heterocycles. The van der Waals surface area contributed by atoms with Crippen molar-refractivity contribution in [1.29, 1.82) is 0 Å². The van der Waals surface area contributed by atoms with Gasteiger partial charge in [-0.2, -0.15) is 0 Å². The molecule has 2 aromatic carbocycles. The van der Waals surface area contributed by atoms with Gasteiger partial charge in [0.25, 0.3) is 0 Å². The van der Waals surface area contributed by atoms with Crippen LogP contribution in [0.3, 0.4) is 0 Å². The molecule has 0 spiro atoms. The van der Waals surface area contributed by atoms with Crippen molar-refractivity contribution in [3.63, 3.8) is 0 Å². The number of hydrogen-bond donors (Lipinski definition) is 0. The first-order valence-electron chi connectivity index (χ1n) is 8.74. The van der Waals surface area contributed by atoms with Gasteiger partial charge in [0.05, 0.1) is 17.0 Å². The molecule has 5 heteroatoms. The van der Waals surface area contributed by atoms with E-state index in [0.717, 1.165) is 39.5 Å². The highest BCUT2D eigenvalue weighted by Gasteiger charge is 2.26. The van der Waals surface area contributed by atoms with Crippen LogP contribution in [0, 0.1) is 0 Å². The van der Waals surface area contributed by atoms with Crippen molar-refractivity contribution in [2.45, 2.75) is 20.0 Å². The van der Waals surface area contributed by atoms with Crippen molar-refractivity contribution in [2.24, 2.45) is 0 Å². The molecule has 0 amide bonds. The molecular formula is C23H20ClN3O. The summed E-state index contributed by atoms with van der Waals surface area (Å²) in [6.07, 6.45) is 1.74. The zero-order valence-electron chi connectivity index (χ0n) is 14.5. The molecule has 1 aliphatic rings. The SMILES string of the molecule is C.ClCc1ccc(-c2nc3n(c2-c2ccccc2)COc2ncccc2-3)cc1. The second kappa shape index (κ2) is 7.49. The van der Waals surface area contributed by atoms with Gasteiger partial charge < -0.3 is 4.74 Å². The van der Waals surface area contributed by atoms with Crippen molar-refractivity contribution >= 4 is 11.6 Å². The quantitative estimate of drug-likeness (QED) is 0.403. The fraction of sp³-hybridized carbons (Fsp3) is 0.130. The summed E-state index contributed by atoms with van der Waals surface area (Å²) in [6.45, 7) is 0.385. The van der Waals surface area contributed by atoms with Crippen LogP contribution >= 0.6 is 11.6 Å². The number of imidazole rings is 1. The summed E-state index contributed by atoms with van der Waals surface area (Å²) in [7, 11) is 0. The molecule has 0 radical (unpaired) electrons. The average Bonchev–Trinajstić information content (AvgIpc) is 3.14. The maximum atomic E-state index is 5.95. The van der Waals surface area contributed by atoms with Crippen LogP contribution in [0.5, 0.6) is 5.88 Å². The number of pyridine rings is 1. The van der Waals surface area contributed by atoms with E-state index in [4.69, 9.17) is 21.3 Å². The monoisotopic (exact) mass is 389 g/mol. The van der Waals surface area contributed by atoms with E-state index in [9.17, 15) is 0 Å². The summed E-state index contributed by atoms with van der Waals surface area (Å²) in [4.78, 5) is 9.34. The highest BCUT2D eigenvalue weighted by molar-refractivity contribution is 6.17. The molecule has 4 nitrogen and oxygen atoms in total. The standard InChI is InChI=1S/C22H16ClN3O.CH4/c23-13-15-8-10-16(11-9-15)19-20(17-5-2-1-3-6-17)26-14-27-22-18(21(26)25-19)7-4-12-24-22;/h1-12H,13-14H2;1H4. The van der Waals surface area contributed by atoms with Gasteiger partial charge in [-0.25, -0.2) is 9.97 Å². The number of nitrogens with zero attached hydrogens (tertiary/aromatic N) is 3. The largest absolute Gasteiger partial charge is 0.455 e. The zero-order chi connectivity index (χ0) is 18.2. The summed E-state index contributed by atoms with van der Waals surface area (Å²) >= 11 is 5.95. The lowest BCUT2D eigenvalue weighted by atomic mass is 10.0. The van der Waals surface area contributed by atoms with Gasteiger partial charge >= 0.3 is 0 Å². The first kappa shape index (κ1) is 18.3. The maximum absolute atomic E-state index is 5.95. The predicted octanol–water partition coefficient (Wildman–Crippen LogP) is 6.00. The third-order valence-electron chi connectivity index (χ3n) is 4.74. The lowest BCUT2D eigenvalue weighted by Gasteiger charge is -2.19. The zero-order valence-corrected chi connectivity index (χ0v) is 15.2. The summed E-state index contributed by atoms with van der Waals surface area (Å²) in [6, 6.07) is 22.4. The van der Waals surface area contributed by atoms with E-state index in [1.54, 1.807) is 6.20 Å². The van der Waals surface area contributed by atoms with E-state index < -0.39 is 0 Å². The minimum absolute atomic E-state index is 0. The van der Waals surface area contributed by atoms with Crippen LogP contribution in [0.1, 0.15) is 13.0 Å². The Morgan fingerprint density at radius 3 is 2.46 bits per heavy atom. The number of rotatable bonds is 3. The van der Waals surface area contributed by atoms with Crippen molar-refractivity contribution in [3.05, 3.63) is 78.5 Å². The minimum atomic E-state index is 0. The predicted molar refractivity (Wildman–Crippen MR) is 113 cm³/mol. The molecule has 0 bridgehead atoms. The molecule has 0 aliphatic carbocycles. The fourth-order valence-corrected chi connectivity index (χ4v) is 3.61. The molecule has 3 heterocycles. The topological polar surface area (TPSA) is 39.9 Å². The first-order chi connectivity index (χ1) is 13.3. The average molecular weight is 390 g/mol. The highest BCUT2D eigenvalue weighted by Crippen LogP contribution is 2.40. The first-order valence-corrected chi connectivity index (χ1v) is 9.28. The molecule has 4 aromatic rings. The van der Waals surface area contributed by atoms with Gasteiger partial charge in [0.15, 0.2) is 6.73 Å². The molecule has 0 saturated heterocycles. The third-order valence-corrected chi connectivity index (χ3v) is 5.05. The number of hydrogen-bond acceptors (Lipinski definition) is 3. The normalized spacial score (nSPS) is 11.8. The third kappa shape index (κ3) is 2.96. The van der Waals surface area contributed by atoms with Crippen LogP contribution in [-0.2, 0) is 12.6 Å². The molecule has 5 rings (SSSR count). The summed E-state index contributed by atoms with van der Waals surface area (Å²) in [5.41, 5.74) is 6.11. The van der Waals surface area contributed by atoms with Gasteiger partial charge in [0.2, 0.25) is 5.88 Å². The van der Waals surface area contributed by atoms with Crippen LogP contribution in [-0.4, -0.2) is 14.5 Å². The van der Waals surface area contributed by atoms with E-state index >= 15 is 0 Å². The number of aromatic nitrogens is 3. The molecule has 0 unspecified atom stereocenters. The molecule has 140 valence electrons. The van der Waals surface area contributed by atoms with Crippen LogP contribution in [0.25, 0.3) is 33.9 Å². The Hall–Kier alpha value is -3.11. The number of ether oxygens (including phenoxy) is 1. The second-order valence-corrected chi connectivity index (χ2v) is 6.65. The van der Waals surface area contributed by atoms with Gasteiger partial charge in [-0.1, -0.05) is 62.0 Å².